The van der Waals surface area contributed by atoms with Crippen molar-refractivity contribution in [2.45, 2.75) is 13.3 Å². The van der Waals surface area contributed by atoms with Gasteiger partial charge in [0.25, 0.3) is 0 Å². The van der Waals surface area contributed by atoms with Crippen LogP contribution in [-0.4, -0.2) is 0 Å². The number of hydrogen-bond acceptors (Lipinski definition) is 1. The molecule has 0 aromatic carbocycles. The monoisotopic (exact) mass is 159 g/mol. The maximum Gasteiger partial charge on any atom is 0.0991 e. The molecule has 1 nitrogen and oxygen atoms in total. The zero-order chi connectivity index (χ0) is 9.40. The van der Waals surface area contributed by atoms with Gasteiger partial charge in [-0.2, -0.15) is 5.26 Å². The smallest absolute Gasteiger partial charge is 0.0991 e. The molecule has 0 aromatic rings. The summed E-state index contributed by atoms with van der Waals surface area (Å²) in [7, 11) is 0. The van der Waals surface area contributed by atoms with Gasteiger partial charge in [-0.05, 0) is 12.0 Å². The predicted octanol–water partition coefficient (Wildman–Crippen LogP) is 3.14. The Morgan fingerprint density at radius 1 is 1.58 bits per heavy atom. The standard InChI is InChI=1S/C11H13N/c1-4-6-8-11(7-5-2)10(3)9-12/h5-8H,2-4H2,1H3/b8-6+,11-7-. The Labute approximate surface area is 74.0 Å². The van der Waals surface area contributed by atoms with E-state index in [0.717, 1.165) is 12.0 Å². The first kappa shape index (κ1) is 10.4. The summed E-state index contributed by atoms with van der Waals surface area (Å²) in [6, 6.07) is 2.00. The van der Waals surface area contributed by atoms with Gasteiger partial charge in [-0.1, -0.05) is 44.4 Å². The van der Waals surface area contributed by atoms with Crippen molar-refractivity contribution in [1.29, 1.82) is 5.26 Å². The lowest BCUT2D eigenvalue weighted by Crippen LogP contribution is -1.79. The van der Waals surface area contributed by atoms with Crippen LogP contribution in [0.4, 0.5) is 0 Å². The maximum atomic E-state index is 8.57. The highest BCUT2D eigenvalue weighted by Crippen LogP contribution is 2.08. The van der Waals surface area contributed by atoms with Crippen molar-refractivity contribution in [3.05, 3.63) is 48.6 Å². The molecule has 12 heavy (non-hydrogen) atoms. The molecule has 0 rings (SSSR count). The molecule has 0 saturated carbocycles. The van der Waals surface area contributed by atoms with Crippen LogP contribution in [0.5, 0.6) is 0 Å². The van der Waals surface area contributed by atoms with Gasteiger partial charge in [0.15, 0.2) is 0 Å². The van der Waals surface area contributed by atoms with Gasteiger partial charge in [-0.15, -0.1) is 0 Å². The zero-order valence-corrected chi connectivity index (χ0v) is 7.38. The normalized spacial score (nSPS) is 11.2. The van der Waals surface area contributed by atoms with E-state index in [1.165, 1.54) is 0 Å². The van der Waals surface area contributed by atoms with E-state index in [2.05, 4.69) is 13.2 Å². The van der Waals surface area contributed by atoms with Crippen molar-refractivity contribution < 1.29 is 0 Å². The fourth-order valence-corrected chi connectivity index (χ4v) is 0.693. The summed E-state index contributed by atoms with van der Waals surface area (Å²) < 4.78 is 0. The molecule has 0 heterocycles. The van der Waals surface area contributed by atoms with E-state index in [0.29, 0.717) is 5.57 Å². The third kappa shape index (κ3) is 3.58. The second kappa shape index (κ2) is 6.18. The lowest BCUT2D eigenvalue weighted by molar-refractivity contribution is 1.22. The topological polar surface area (TPSA) is 23.8 Å². The van der Waals surface area contributed by atoms with Crippen molar-refractivity contribution in [1.82, 2.24) is 0 Å². The molecule has 0 atom stereocenters. The second-order valence-electron chi connectivity index (χ2n) is 2.26. The molecule has 0 unspecified atom stereocenters. The summed E-state index contributed by atoms with van der Waals surface area (Å²) >= 11 is 0. The van der Waals surface area contributed by atoms with Crippen LogP contribution >= 0.6 is 0 Å². The number of nitrogens with zero attached hydrogens (tertiary/aromatic N) is 1. The van der Waals surface area contributed by atoms with Crippen LogP contribution in [-0.2, 0) is 0 Å². The van der Waals surface area contributed by atoms with Crippen LogP contribution in [0.25, 0.3) is 0 Å². The Bertz CT molecular complexity index is 261. The largest absolute Gasteiger partial charge is 0.192 e. The van der Waals surface area contributed by atoms with E-state index in [4.69, 9.17) is 5.26 Å². The summed E-state index contributed by atoms with van der Waals surface area (Å²) in [5.74, 6) is 0. The van der Waals surface area contributed by atoms with E-state index in [1.807, 2.05) is 25.1 Å². The van der Waals surface area contributed by atoms with E-state index in [9.17, 15) is 0 Å². The van der Waals surface area contributed by atoms with Gasteiger partial charge in [0.05, 0.1) is 11.6 Å². The molecule has 0 N–H and O–H groups in total. The molecule has 0 aliphatic rings. The van der Waals surface area contributed by atoms with E-state index in [-0.39, 0.29) is 0 Å². The fourth-order valence-electron chi connectivity index (χ4n) is 0.693. The predicted molar refractivity (Wildman–Crippen MR) is 52.5 cm³/mol. The first-order valence-electron chi connectivity index (χ1n) is 3.84. The number of allylic oxidation sites excluding steroid dienone is 6. The third-order valence-corrected chi connectivity index (χ3v) is 1.31. The molecule has 1 heteroatoms. The summed E-state index contributed by atoms with van der Waals surface area (Å²) in [6.07, 6.45) is 8.24. The van der Waals surface area contributed by atoms with Gasteiger partial charge in [-0.3, -0.25) is 0 Å². The molecule has 0 aliphatic carbocycles. The molecule has 0 amide bonds. The van der Waals surface area contributed by atoms with Crippen molar-refractivity contribution in [3.63, 3.8) is 0 Å². The van der Waals surface area contributed by atoms with Gasteiger partial charge in [0.1, 0.15) is 0 Å². The van der Waals surface area contributed by atoms with E-state index in [1.54, 1.807) is 12.2 Å². The number of rotatable bonds is 4. The lowest BCUT2D eigenvalue weighted by atomic mass is 10.1. The Kier molecular flexibility index (Phi) is 5.38. The molecule has 0 spiro atoms. The quantitative estimate of drug-likeness (QED) is 0.456. The first-order valence-corrected chi connectivity index (χ1v) is 3.84. The molecule has 0 aliphatic heterocycles. The Morgan fingerprint density at radius 2 is 2.25 bits per heavy atom. The maximum absolute atomic E-state index is 8.57. The number of nitriles is 1. The van der Waals surface area contributed by atoms with Gasteiger partial charge < -0.3 is 0 Å². The molecule has 62 valence electrons. The highest BCUT2D eigenvalue weighted by Gasteiger charge is 1.94. The van der Waals surface area contributed by atoms with E-state index < -0.39 is 0 Å². The lowest BCUT2D eigenvalue weighted by Gasteiger charge is -1.94. The Morgan fingerprint density at radius 3 is 2.67 bits per heavy atom. The summed E-state index contributed by atoms with van der Waals surface area (Å²) in [6.45, 7) is 9.22. The van der Waals surface area contributed by atoms with Gasteiger partial charge in [0, 0.05) is 0 Å². The molecule has 0 bridgehead atoms. The molecule has 0 aromatic heterocycles. The van der Waals surface area contributed by atoms with Crippen LogP contribution in [0, 0.1) is 11.3 Å². The third-order valence-electron chi connectivity index (χ3n) is 1.31. The van der Waals surface area contributed by atoms with Gasteiger partial charge >= 0.3 is 0 Å². The summed E-state index contributed by atoms with van der Waals surface area (Å²) in [5.41, 5.74) is 1.30. The average Bonchev–Trinajstić information content (AvgIpc) is 2.11. The minimum Gasteiger partial charge on any atom is -0.192 e. The minimum atomic E-state index is 0.472. The Hall–Kier alpha value is -1.55. The molecule has 0 fully saturated rings. The van der Waals surface area contributed by atoms with Gasteiger partial charge in [-0.25, -0.2) is 0 Å². The van der Waals surface area contributed by atoms with Gasteiger partial charge in [0.2, 0.25) is 0 Å². The summed E-state index contributed by atoms with van der Waals surface area (Å²) in [4.78, 5) is 0. The Balaban J connectivity index is 4.58. The van der Waals surface area contributed by atoms with Crippen molar-refractivity contribution in [2.24, 2.45) is 0 Å². The van der Waals surface area contributed by atoms with Crippen molar-refractivity contribution >= 4 is 0 Å². The highest BCUT2D eigenvalue weighted by atomic mass is 14.2. The molecule has 0 radical (unpaired) electrons. The van der Waals surface area contributed by atoms with Crippen molar-refractivity contribution in [2.75, 3.05) is 0 Å². The van der Waals surface area contributed by atoms with Crippen LogP contribution in [0.3, 0.4) is 0 Å². The fraction of sp³-hybridized carbons (Fsp3) is 0.182. The molecular formula is C11H13N. The van der Waals surface area contributed by atoms with Crippen molar-refractivity contribution in [3.8, 4) is 6.07 Å². The molecular weight excluding hydrogens is 146 g/mol. The highest BCUT2D eigenvalue weighted by molar-refractivity contribution is 5.47. The van der Waals surface area contributed by atoms with E-state index >= 15 is 0 Å². The zero-order valence-electron chi connectivity index (χ0n) is 7.38. The second-order valence-corrected chi connectivity index (χ2v) is 2.26. The number of hydrogen-bond donors (Lipinski definition) is 0. The van der Waals surface area contributed by atoms with Crippen LogP contribution < -0.4 is 0 Å². The minimum absolute atomic E-state index is 0.472. The van der Waals surface area contributed by atoms with Crippen LogP contribution in [0.1, 0.15) is 13.3 Å². The average molecular weight is 159 g/mol. The first-order chi connectivity index (χ1) is 5.76. The SMILES string of the molecule is C=C/C=C(/C=C/CC)C(=C)C#N. The van der Waals surface area contributed by atoms with Crippen LogP contribution in [0.2, 0.25) is 0 Å². The molecule has 0 saturated heterocycles. The summed E-state index contributed by atoms with van der Waals surface area (Å²) in [5, 5.41) is 8.57. The van der Waals surface area contributed by atoms with Crippen LogP contribution in [0.15, 0.2) is 48.6 Å².